The van der Waals surface area contributed by atoms with E-state index in [0.717, 1.165) is 5.75 Å². The van der Waals surface area contributed by atoms with E-state index in [2.05, 4.69) is 12.6 Å². The minimum atomic E-state index is 0. The van der Waals surface area contributed by atoms with Gasteiger partial charge in [0.1, 0.15) is 0 Å². The fraction of sp³-hybridized carbons (Fsp3) is 1.00. The summed E-state index contributed by atoms with van der Waals surface area (Å²) < 4.78 is 0. The van der Waals surface area contributed by atoms with Crippen LogP contribution in [0.2, 0.25) is 0 Å². The molecule has 0 heterocycles. The Morgan fingerprint density at radius 3 is 1.75 bits per heavy atom. The molecule has 4 heavy (non-hydrogen) atoms. The van der Waals surface area contributed by atoms with Crippen LogP contribution in [0.4, 0.5) is 0 Å². The monoisotopic (exact) mass is 235 g/mol. The first kappa shape index (κ1) is 9.30. The summed E-state index contributed by atoms with van der Waals surface area (Å²) in [5, 5.41) is 0. The third kappa shape index (κ3) is 9.12. The zero-order valence-corrected chi connectivity index (χ0v) is 4.91. The van der Waals surface area contributed by atoms with Crippen molar-refractivity contribution in [3.05, 3.63) is 0 Å². The average molecular weight is 234 g/mol. The van der Waals surface area contributed by atoms with Gasteiger partial charge in [-0.1, -0.05) is 6.92 Å². The summed E-state index contributed by atoms with van der Waals surface area (Å²) in [5.74, 6) is 0.833. The van der Waals surface area contributed by atoms with Gasteiger partial charge in [0.05, 0.1) is 0 Å². The maximum atomic E-state index is 4.39. The number of hydrogen-bond donors (Lipinski definition) is 0. The van der Waals surface area contributed by atoms with Gasteiger partial charge in [0.2, 0.25) is 0 Å². The molecular formula is C2H5SYb-. The van der Waals surface area contributed by atoms with Crippen molar-refractivity contribution >= 4 is 12.6 Å². The molecule has 0 aliphatic rings. The average Bonchev–Trinajstić information content (AvgIpc) is 0.918. The van der Waals surface area contributed by atoms with Crippen LogP contribution in [-0.4, -0.2) is 5.75 Å². The summed E-state index contributed by atoms with van der Waals surface area (Å²) in [7, 11) is 0. The maximum absolute atomic E-state index is 4.39. The Kier molecular flexibility index (Phi) is 20.6. The van der Waals surface area contributed by atoms with E-state index >= 15 is 0 Å². The standard InChI is InChI=1S/C2H6S.Yb/c1-2-3;/h3H,2H2,1H3;/p-1. The van der Waals surface area contributed by atoms with Gasteiger partial charge in [-0.3, -0.25) is 0 Å². The molecule has 0 amide bonds. The Morgan fingerprint density at radius 1 is 1.75 bits per heavy atom. The van der Waals surface area contributed by atoms with E-state index < -0.39 is 0 Å². The molecule has 0 rings (SSSR count). The van der Waals surface area contributed by atoms with Gasteiger partial charge in [0.15, 0.2) is 0 Å². The van der Waals surface area contributed by atoms with E-state index in [1.54, 1.807) is 0 Å². The topological polar surface area (TPSA) is 0 Å². The van der Waals surface area contributed by atoms with Crippen LogP contribution in [0.3, 0.4) is 0 Å². The molecule has 0 aromatic heterocycles. The molecule has 0 nitrogen and oxygen atoms in total. The second-order valence-electron chi connectivity index (χ2n) is 0.289. The number of rotatable bonds is 0. The predicted octanol–water partition coefficient (Wildman–Crippen LogP) is 0.553. The van der Waals surface area contributed by atoms with Crippen LogP contribution in [0, 0.1) is 46.9 Å². The summed E-state index contributed by atoms with van der Waals surface area (Å²) in [4.78, 5) is 0. The van der Waals surface area contributed by atoms with Crippen LogP contribution in [0.25, 0.3) is 0 Å². The molecule has 0 aliphatic carbocycles. The molecule has 0 unspecified atom stereocenters. The van der Waals surface area contributed by atoms with Crippen molar-refractivity contribution in [2.24, 2.45) is 0 Å². The summed E-state index contributed by atoms with van der Waals surface area (Å²) in [6, 6.07) is 0. The Morgan fingerprint density at radius 2 is 1.75 bits per heavy atom. The third-order valence-electron chi connectivity index (χ3n) is 0. The zero-order valence-electron chi connectivity index (χ0n) is 2.38. The normalized spacial score (nSPS) is 4.50. The van der Waals surface area contributed by atoms with Gasteiger partial charge >= 0.3 is 0 Å². The molecule has 0 bridgehead atoms. The van der Waals surface area contributed by atoms with E-state index in [9.17, 15) is 0 Å². The van der Waals surface area contributed by atoms with Crippen molar-refractivity contribution < 1.29 is 46.9 Å². The van der Waals surface area contributed by atoms with Crippen molar-refractivity contribution in [2.45, 2.75) is 6.92 Å². The van der Waals surface area contributed by atoms with Crippen molar-refractivity contribution in [3.63, 3.8) is 0 Å². The molecule has 0 aliphatic heterocycles. The van der Waals surface area contributed by atoms with Crippen molar-refractivity contribution in [3.8, 4) is 0 Å². The molecule has 0 N–H and O–H groups in total. The summed E-state index contributed by atoms with van der Waals surface area (Å²) in [5.41, 5.74) is 0. The summed E-state index contributed by atoms with van der Waals surface area (Å²) >= 11 is 4.39. The van der Waals surface area contributed by atoms with Gasteiger partial charge in [0.25, 0.3) is 0 Å². The number of hydrogen-bond acceptors (Lipinski definition) is 1. The molecule has 0 saturated carbocycles. The van der Waals surface area contributed by atoms with Crippen LogP contribution < -0.4 is 0 Å². The second-order valence-corrected chi connectivity index (χ2v) is 0.866. The smallest absolute Gasteiger partial charge is 0 e. The molecule has 0 spiro atoms. The molecule has 2 heteroatoms. The van der Waals surface area contributed by atoms with Crippen LogP contribution in [0.5, 0.6) is 0 Å². The van der Waals surface area contributed by atoms with Crippen molar-refractivity contribution in [2.75, 3.05) is 5.75 Å². The molecular weight excluding hydrogens is 229 g/mol. The molecule has 0 radical (unpaired) electrons. The van der Waals surface area contributed by atoms with Gasteiger partial charge in [0, 0.05) is 46.9 Å². The van der Waals surface area contributed by atoms with E-state index in [1.165, 1.54) is 0 Å². The predicted molar refractivity (Wildman–Crippen MR) is 17.9 cm³/mol. The summed E-state index contributed by atoms with van der Waals surface area (Å²) in [6.45, 7) is 1.94. The quantitative estimate of drug-likeness (QED) is 0.552. The van der Waals surface area contributed by atoms with E-state index in [0.29, 0.717) is 0 Å². The zero-order chi connectivity index (χ0) is 2.71. The largest absolute Gasteiger partial charge is 0.793 e. The van der Waals surface area contributed by atoms with Gasteiger partial charge in [-0.25, -0.2) is 0 Å². The van der Waals surface area contributed by atoms with Crippen LogP contribution >= 0.6 is 0 Å². The minimum absolute atomic E-state index is 0. The first-order valence-electron chi connectivity index (χ1n) is 0.996. The molecule has 0 aromatic carbocycles. The van der Waals surface area contributed by atoms with Gasteiger partial charge in [-0.2, -0.15) is 5.75 Å². The van der Waals surface area contributed by atoms with Gasteiger partial charge < -0.3 is 12.6 Å². The van der Waals surface area contributed by atoms with E-state index in [-0.39, 0.29) is 46.9 Å². The minimum Gasteiger partial charge on any atom is -0.793 e. The fourth-order valence-electron chi connectivity index (χ4n) is 0. The molecule has 0 atom stereocenters. The van der Waals surface area contributed by atoms with E-state index in [4.69, 9.17) is 0 Å². The van der Waals surface area contributed by atoms with Crippen LogP contribution in [-0.2, 0) is 12.6 Å². The van der Waals surface area contributed by atoms with E-state index in [1.807, 2.05) is 6.92 Å². The maximum Gasteiger partial charge on any atom is 0 e. The first-order chi connectivity index (χ1) is 1.41. The second kappa shape index (κ2) is 8.85. The molecule has 0 aromatic rings. The SMILES string of the molecule is CC[S-].[Yb]. The van der Waals surface area contributed by atoms with Crippen LogP contribution in [0.1, 0.15) is 6.92 Å². The molecule has 0 fully saturated rings. The first-order valence-corrected chi connectivity index (χ1v) is 1.57. The Hall–Kier alpha value is 1.87. The molecule has 0 saturated heterocycles. The molecule has 34 valence electrons. The Bertz CT molecular complexity index is 6.00. The Labute approximate surface area is 71.0 Å². The summed E-state index contributed by atoms with van der Waals surface area (Å²) in [6.07, 6.45) is 0. The Balaban J connectivity index is 0. The van der Waals surface area contributed by atoms with Crippen LogP contribution in [0.15, 0.2) is 0 Å². The van der Waals surface area contributed by atoms with Crippen molar-refractivity contribution in [1.82, 2.24) is 0 Å². The third-order valence-corrected chi connectivity index (χ3v) is 0. The fourth-order valence-corrected chi connectivity index (χ4v) is 0. The van der Waals surface area contributed by atoms with Gasteiger partial charge in [-0.15, -0.1) is 0 Å². The van der Waals surface area contributed by atoms with Gasteiger partial charge in [-0.05, 0) is 0 Å². The van der Waals surface area contributed by atoms with Crippen molar-refractivity contribution in [1.29, 1.82) is 0 Å².